The molecule has 3 aliphatic rings. The van der Waals surface area contributed by atoms with Gasteiger partial charge in [-0.1, -0.05) is 71.1 Å². The number of phosphoric ester groups is 1. The van der Waals surface area contributed by atoms with Gasteiger partial charge in [0.15, 0.2) is 0 Å². The van der Waals surface area contributed by atoms with E-state index in [0.717, 1.165) is 19.3 Å². The van der Waals surface area contributed by atoms with Crippen molar-refractivity contribution in [3.63, 3.8) is 0 Å². The lowest BCUT2D eigenvalue weighted by Crippen LogP contribution is -2.61. The maximum Gasteiger partial charge on any atom is 0.538 e. The Kier molecular flexibility index (Phi) is 6.85. The number of unbranched alkanes of at least 4 members (excludes halogenated alkanes) is 10. The topological polar surface area (TPSA) is 102 Å². The molecule has 0 aromatic heterocycles. The molecule has 0 aliphatic carbocycles. The first-order valence-electron chi connectivity index (χ1n) is 9.05. The number of fused-ring (bicyclic) bond motifs is 1. The number of rotatable bonds is 13. The molecule has 3 fully saturated rings. The van der Waals surface area contributed by atoms with Crippen molar-refractivity contribution in [1.82, 2.24) is 0 Å². The molecule has 2 bridgehead atoms. The summed E-state index contributed by atoms with van der Waals surface area (Å²) in [7, 11) is -3.86. The van der Waals surface area contributed by atoms with Crippen LogP contribution in [0.15, 0.2) is 0 Å². The molecule has 0 spiro atoms. The van der Waals surface area contributed by atoms with Gasteiger partial charge in [-0.2, -0.15) is 0 Å². The maximum absolute atomic E-state index is 11.5. The Hall–Kier alpha value is -0.460. The third kappa shape index (κ3) is 4.38. The standard InChI is InChI=1S/C16H29O7P/c1-2-3-4-5-6-7-8-9-10-11-12-13-15(18,19)16-14(17)21-24(20,22-16)23-16/h18-19H,2-13H2,1H3. The van der Waals surface area contributed by atoms with Gasteiger partial charge in [0, 0.05) is 6.42 Å². The second-order valence-electron chi connectivity index (χ2n) is 6.73. The molecule has 2 N–H and O–H groups in total. The Balaban J connectivity index is 1.52. The molecule has 3 rings (SSSR count). The van der Waals surface area contributed by atoms with Gasteiger partial charge in [0.1, 0.15) is 0 Å². The number of aliphatic hydroxyl groups is 2. The Morgan fingerprint density at radius 1 is 0.917 bits per heavy atom. The zero-order valence-electron chi connectivity index (χ0n) is 14.4. The summed E-state index contributed by atoms with van der Waals surface area (Å²) >= 11 is 0. The van der Waals surface area contributed by atoms with Crippen molar-refractivity contribution in [1.29, 1.82) is 0 Å². The molecule has 3 heterocycles. The highest BCUT2D eigenvalue weighted by molar-refractivity contribution is 7.51. The molecule has 24 heavy (non-hydrogen) atoms. The lowest BCUT2D eigenvalue weighted by Gasteiger charge is -2.39. The summed E-state index contributed by atoms with van der Waals surface area (Å²) in [5.41, 5.74) is 0. The first-order valence-corrected chi connectivity index (χ1v) is 10.5. The van der Waals surface area contributed by atoms with Crippen LogP contribution in [-0.4, -0.2) is 27.8 Å². The van der Waals surface area contributed by atoms with Crippen molar-refractivity contribution in [2.45, 2.75) is 95.5 Å². The van der Waals surface area contributed by atoms with Crippen LogP contribution >= 0.6 is 7.82 Å². The van der Waals surface area contributed by atoms with E-state index in [1.165, 1.54) is 44.9 Å². The molecule has 0 aromatic carbocycles. The molecule has 0 unspecified atom stereocenters. The van der Waals surface area contributed by atoms with Gasteiger partial charge >= 0.3 is 19.6 Å². The average molecular weight is 364 g/mol. The highest BCUT2D eigenvalue weighted by atomic mass is 31.2. The Bertz CT molecular complexity index is 467. The summed E-state index contributed by atoms with van der Waals surface area (Å²) in [6.07, 6.45) is 12.3. The van der Waals surface area contributed by atoms with E-state index in [1.807, 2.05) is 0 Å². The van der Waals surface area contributed by atoms with Crippen LogP contribution in [0, 0.1) is 0 Å². The molecular formula is C16H29O7P. The van der Waals surface area contributed by atoms with Gasteiger partial charge in [0.2, 0.25) is 5.79 Å². The van der Waals surface area contributed by atoms with E-state index in [9.17, 15) is 19.6 Å². The van der Waals surface area contributed by atoms with Crippen molar-refractivity contribution < 1.29 is 33.1 Å². The molecular weight excluding hydrogens is 335 g/mol. The minimum absolute atomic E-state index is 0.0981. The molecule has 3 saturated heterocycles. The minimum Gasteiger partial charge on any atom is -0.366 e. The van der Waals surface area contributed by atoms with Crippen LogP contribution in [-0.2, 0) is 22.9 Å². The average Bonchev–Trinajstić information content (AvgIpc) is 2.91. The third-order valence-corrected chi connectivity index (χ3v) is 5.95. The fraction of sp³-hybridized carbons (Fsp3) is 0.938. The Morgan fingerprint density at radius 2 is 1.38 bits per heavy atom. The van der Waals surface area contributed by atoms with Crippen LogP contribution in [0.4, 0.5) is 0 Å². The van der Waals surface area contributed by atoms with Gasteiger partial charge in [0.25, 0.3) is 0 Å². The summed E-state index contributed by atoms with van der Waals surface area (Å²) in [4.78, 5) is 11.5. The van der Waals surface area contributed by atoms with Crippen LogP contribution in [0.3, 0.4) is 0 Å². The van der Waals surface area contributed by atoms with Crippen molar-refractivity contribution >= 4 is 13.8 Å². The lowest BCUT2D eigenvalue weighted by molar-refractivity contribution is -0.342. The van der Waals surface area contributed by atoms with Crippen molar-refractivity contribution in [2.24, 2.45) is 0 Å². The van der Waals surface area contributed by atoms with E-state index in [2.05, 4.69) is 11.4 Å². The number of phosphoric acid groups is 1. The molecule has 0 radical (unpaired) electrons. The second-order valence-corrected chi connectivity index (χ2v) is 8.17. The van der Waals surface area contributed by atoms with E-state index < -0.39 is 25.4 Å². The summed E-state index contributed by atoms with van der Waals surface area (Å²) in [6, 6.07) is 0. The molecule has 140 valence electrons. The minimum atomic E-state index is -3.86. The molecule has 3 aliphatic heterocycles. The zero-order valence-corrected chi connectivity index (χ0v) is 15.3. The number of carbonyl (C=O) groups is 1. The van der Waals surface area contributed by atoms with Gasteiger partial charge in [0.05, 0.1) is 0 Å². The highest BCUT2D eigenvalue weighted by Gasteiger charge is 2.81. The summed E-state index contributed by atoms with van der Waals surface area (Å²) in [6.45, 7) is 2.21. The quantitative estimate of drug-likeness (QED) is 0.291. The Morgan fingerprint density at radius 3 is 1.79 bits per heavy atom. The van der Waals surface area contributed by atoms with Crippen LogP contribution in [0.25, 0.3) is 0 Å². The first kappa shape index (κ1) is 19.9. The molecule has 0 amide bonds. The van der Waals surface area contributed by atoms with Crippen LogP contribution in [0.2, 0.25) is 0 Å². The van der Waals surface area contributed by atoms with E-state index in [4.69, 9.17) is 9.05 Å². The molecule has 0 atom stereocenters. The normalized spacial score (nSPS) is 28.7. The van der Waals surface area contributed by atoms with Gasteiger partial charge in [-0.15, -0.1) is 0 Å². The maximum atomic E-state index is 11.5. The van der Waals surface area contributed by atoms with Crippen molar-refractivity contribution in [3.8, 4) is 0 Å². The zero-order chi connectivity index (χ0) is 17.7. The predicted molar refractivity (Wildman–Crippen MR) is 86.8 cm³/mol. The van der Waals surface area contributed by atoms with E-state index in [0.29, 0.717) is 6.42 Å². The lowest BCUT2D eigenvalue weighted by atomic mass is 9.98. The highest BCUT2D eigenvalue weighted by Crippen LogP contribution is 2.74. The summed E-state index contributed by atoms with van der Waals surface area (Å²) in [5.74, 6) is -5.96. The monoisotopic (exact) mass is 364 g/mol. The van der Waals surface area contributed by atoms with E-state index >= 15 is 0 Å². The predicted octanol–water partition coefficient (Wildman–Crippen LogP) is 3.78. The largest absolute Gasteiger partial charge is 0.538 e. The Labute approximate surface area is 143 Å². The summed E-state index contributed by atoms with van der Waals surface area (Å²) in [5, 5.41) is 20.0. The number of carbonyl (C=O) groups excluding carboxylic acids is 1. The van der Waals surface area contributed by atoms with Crippen LogP contribution in [0.5, 0.6) is 0 Å². The summed E-state index contributed by atoms with van der Waals surface area (Å²) < 4.78 is 25.2. The molecule has 0 aromatic rings. The second kappa shape index (κ2) is 8.28. The van der Waals surface area contributed by atoms with Crippen LogP contribution < -0.4 is 0 Å². The SMILES string of the molecule is CCCCCCCCCCCCCC(O)(O)C12OP(=O)(OC1=O)O2. The molecule has 0 saturated carbocycles. The van der Waals surface area contributed by atoms with Gasteiger partial charge in [-0.3, -0.25) is 0 Å². The van der Waals surface area contributed by atoms with E-state index in [1.54, 1.807) is 0 Å². The molecule has 8 heteroatoms. The van der Waals surface area contributed by atoms with E-state index in [-0.39, 0.29) is 6.42 Å². The fourth-order valence-electron chi connectivity index (χ4n) is 3.11. The number of hydrogen-bond acceptors (Lipinski definition) is 7. The van der Waals surface area contributed by atoms with Crippen LogP contribution in [0.1, 0.15) is 84.0 Å². The number of hydrogen-bond donors (Lipinski definition) is 2. The first-order chi connectivity index (χ1) is 11.4. The van der Waals surface area contributed by atoms with Gasteiger partial charge < -0.3 is 14.7 Å². The van der Waals surface area contributed by atoms with Crippen molar-refractivity contribution in [2.75, 3.05) is 0 Å². The van der Waals surface area contributed by atoms with Gasteiger partial charge in [-0.05, 0) is 6.42 Å². The fourth-order valence-corrected chi connectivity index (χ4v) is 4.59. The third-order valence-electron chi connectivity index (χ3n) is 4.60. The van der Waals surface area contributed by atoms with Crippen molar-refractivity contribution in [3.05, 3.63) is 0 Å². The molecule has 7 nitrogen and oxygen atoms in total. The smallest absolute Gasteiger partial charge is 0.366 e. The van der Waals surface area contributed by atoms with Gasteiger partial charge in [-0.25, -0.2) is 18.4 Å².